The van der Waals surface area contributed by atoms with Gasteiger partial charge in [0.15, 0.2) is 5.16 Å². The Balaban J connectivity index is 1.53. The number of rotatable bonds is 8. The molecule has 1 aliphatic rings. The molecular weight excluding hydrogens is 453 g/mol. The lowest BCUT2D eigenvalue weighted by molar-refractivity contribution is -0.138. The monoisotopic (exact) mass is 478 g/mol. The van der Waals surface area contributed by atoms with E-state index in [-0.39, 0.29) is 23.3 Å². The van der Waals surface area contributed by atoms with Gasteiger partial charge >= 0.3 is 6.18 Å². The number of hydrogen-bond acceptors (Lipinski definition) is 5. The van der Waals surface area contributed by atoms with Crippen molar-refractivity contribution in [3.63, 3.8) is 0 Å². The third-order valence-electron chi connectivity index (χ3n) is 5.62. The molecule has 1 fully saturated rings. The van der Waals surface area contributed by atoms with Crippen LogP contribution in [0.1, 0.15) is 17.5 Å². The maximum absolute atomic E-state index is 13.5. The Morgan fingerprint density at radius 3 is 2.76 bits per heavy atom. The average Bonchev–Trinajstić information content (AvgIpc) is 3.37. The number of H-pyrrole nitrogens is 1. The topological polar surface area (TPSA) is 70.2 Å². The molecule has 2 aromatic carbocycles. The third kappa shape index (κ3) is 5.69. The fourth-order valence-electron chi connectivity index (χ4n) is 4.09. The van der Waals surface area contributed by atoms with Gasteiger partial charge in [0, 0.05) is 32.0 Å². The zero-order chi connectivity index (χ0) is 23.4. The first kappa shape index (κ1) is 23.6. The fourth-order valence-corrected chi connectivity index (χ4v) is 5.27. The Hall–Kier alpha value is -2.56. The molecular formula is C23H25F3N4O2S. The van der Waals surface area contributed by atoms with Gasteiger partial charge in [-0.3, -0.25) is 9.69 Å². The highest BCUT2D eigenvalue weighted by molar-refractivity contribution is 7.99. The predicted molar refractivity (Wildman–Crippen MR) is 121 cm³/mol. The molecule has 2 heterocycles. The van der Waals surface area contributed by atoms with Gasteiger partial charge in [0.25, 0.3) is 0 Å². The number of halogens is 3. The molecule has 0 saturated carbocycles. The number of para-hydroxylation sites is 2. The highest BCUT2D eigenvalue weighted by Gasteiger charge is 2.39. The first-order valence-electron chi connectivity index (χ1n) is 10.6. The SMILES string of the molecule is COCCNC(=O)[C@@H]1C[C@H](Sc2nc3ccccc3[nH]2)CN1Cc1ccccc1C(F)(F)F. The summed E-state index contributed by atoms with van der Waals surface area (Å²) in [5.74, 6) is -0.204. The van der Waals surface area contributed by atoms with Crippen LogP contribution in [0.3, 0.4) is 0 Å². The van der Waals surface area contributed by atoms with Gasteiger partial charge in [0.2, 0.25) is 5.91 Å². The first-order chi connectivity index (χ1) is 15.8. The summed E-state index contributed by atoms with van der Waals surface area (Å²) in [6.07, 6.45) is -3.94. The molecule has 1 saturated heterocycles. The van der Waals surface area contributed by atoms with Gasteiger partial charge in [0.05, 0.1) is 29.2 Å². The lowest BCUT2D eigenvalue weighted by Crippen LogP contribution is -2.44. The highest BCUT2D eigenvalue weighted by Crippen LogP contribution is 2.36. The summed E-state index contributed by atoms with van der Waals surface area (Å²) in [4.78, 5) is 22.6. The summed E-state index contributed by atoms with van der Waals surface area (Å²) in [5, 5.41) is 3.57. The second-order valence-electron chi connectivity index (χ2n) is 7.92. The lowest BCUT2D eigenvalue weighted by atomic mass is 10.1. The Morgan fingerprint density at radius 1 is 1.24 bits per heavy atom. The van der Waals surface area contributed by atoms with Gasteiger partial charge in [-0.1, -0.05) is 42.1 Å². The van der Waals surface area contributed by atoms with E-state index in [9.17, 15) is 18.0 Å². The molecule has 176 valence electrons. The number of likely N-dealkylation sites (tertiary alicyclic amines) is 1. The van der Waals surface area contributed by atoms with Crippen LogP contribution in [0.15, 0.2) is 53.7 Å². The zero-order valence-corrected chi connectivity index (χ0v) is 18.9. The highest BCUT2D eigenvalue weighted by atomic mass is 32.2. The normalized spacial score (nSPS) is 19.3. The molecule has 1 aromatic heterocycles. The second-order valence-corrected chi connectivity index (χ2v) is 9.21. The van der Waals surface area contributed by atoms with Crippen molar-refractivity contribution in [2.24, 2.45) is 0 Å². The van der Waals surface area contributed by atoms with E-state index in [1.165, 1.54) is 23.9 Å². The number of nitrogens with one attached hydrogen (secondary N) is 2. The summed E-state index contributed by atoms with van der Waals surface area (Å²) in [6.45, 7) is 1.22. The van der Waals surface area contributed by atoms with Crippen LogP contribution in [0.5, 0.6) is 0 Å². The number of carbonyl (C=O) groups is 1. The molecule has 6 nitrogen and oxygen atoms in total. The van der Waals surface area contributed by atoms with Crippen molar-refractivity contribution in [3.05, 3.63) is 59.7 Å². The van der Waals surface area contributed by atoms with Crippen molar-refractivity contribution in [2.75, 3.05) is 26.8 Å². The molecule has 0 spiro atoms. The number of aromatic nitrogens is 2. The van der Waals surface area contributed by atoms with Crippen molar-refractivity contribution < 1.29 is 22.7 Å². The fraction of sp³-hybridized carbons (Fsp3) is 0.391. The standard InChI is InChI=1S/C23H25F3N4O2S/c1-32-11-10-27-21(31)20-12-16(33-22-28-18-8-4-5-9-19(18)29-22)14-30(20)13-15-6-2-3-7-17(15)23(24,25)26/h2-9,16,20H,10-14H2,1H3,(H,27,31)(H,28,29)/t16-,20-/m0/s1. The minimum atomic E-state index is -4.45. The predicted octanol–water partition coefficient (Wildman–Crippen LogP) is 4.08. The van der Waals surface area contributed by atoms with Gasteiger partial charge in [-0.25, -0.2) is 4.98 Å². The van der Waals surface area contributed by atoms with Crippen LogP contribution in [0.2, 0.25) is 0 Å². The van der Waals surface area contributed by atoms with Crippen LogP contribution in [-0.4, -0.2) is 58.9 Å². The number of amides is 1. The van der Waals surface area contributed by atoms with E-state index < -0.39 is 17.8 Å². The van der Waals surface area contributed by atoms with Gasteiger partial charge in [-0.05, 0) is 30.2 Å². The van der Waals surface area contributed by atoms with Crippen LogP contribution in [0.25, 0.3) is 11.0 Å². The van der Waals surface area contributed by atoms with E-state index in [2.05, 4.69) is 15.3 Å². The molecule has 0 unspecified atom stereocenters. The Morgan fingerprint density at radius 2 is 2.00 bits per heavy atom. The molecule has 10 heteroatoms. The Kier molecular flexibility index (Phi) is 7.26. The van der Waals surface area contributed by atoms with Crippen molar-refractivity contribution in [1.29, 1.82) is 0 Å². The molecule has 3 aromatic rings. The molecule has 2 atom stereocenters. The van der Waals surface area contributed by atoms with Gasteiger partial charge in [-0.2, -0.15) is 13.2 Å². The Bertz CT molecular complexity index is 1070. The van der Waals surface area contributed by atoms with E-state index in [0.717, 1.165) is 22.3 Å². The number of nitrogens with zero attached hydrogens (tertiary/aromatic N) is 2. The van der Waals surface area contributed by atoms with Crippen LogP contribution in [0, 0.1) is 0 Å². The van der Waals surface area contributed by atoms with E-state index in [1.54, 1.807) is 13.2 Å². The molecule has 33 heavy (non-hydrogen) atoms. The number of hydrogen-bond donors (Lipinski definition) is 2. The molecule has 1 amide bonds. The van der Waals surface area contributed by atoms with Crippen molar-refractivity contribution in [3.8, 4) is 0 Å². The second kappa shape index (κ2) is 10.1. The Labute approximate surface area is 193 Å². The minimum Gasteiger partial charge on any atom is -0.383 e. The number of imidazole rings is 1. The summed E-state index contributed by atoms with van der Waals surface area (Å²) in [5.41, 5.74) is 1.26. The van der Waals surface area contributed by atoms with Gasteiger partial charge in [-0.15, -0.1) is 0 Å². The summed E-state index contributed by atoms with van der Waals surface area (Å²) < 4.78 is 45.6. The number of ether oxygens (including phenoxy) is 1. The number of alkyl halides is 3. The smallest absolute Gasteiger partial charge is 0.383 e. The van der Waals surface area contributed by atoms with Gasteiger partial charge in [0.1, 0.15) is 0 Å². The molecule has 2 N–H and O–H groups in total. The van der Waals surface area contributed by atoms with E-state index in [1.807, 2.05) is 29.2 Å². The molecule has 0 aliphatic carbocycles. The first-order valence-corrected chi connectivity index (χ1v) is 11.5. The quantitative estimate of drug-likeness (QED) is 0.478. The van der Waals surface area contributed by atoms with Crippen LogP contribution < -0.4 is 5.32 Å². The van der Waals surface area contributed by atoms with Crippen molar-refractivity contribution in [1.82, 2.24) is 20.2 Å². The number of methoxy groups -OCH3 is 1. The molecule has 1 aliphatic heterocycles. The minimum absolute atomic E-state index is 0.00165. The maximum atomic E-state index is 13.5. The van der Waals surface area contributed by atoms with E-state index >= 15 is 0 Å². The zero-order valence-electron chi connectivity index (χ0n) is 18.1. The van der Waals surface area contributed by atoms with Gasteiger partial charge < -0.3 is 15.0 Å². The van der Waals surface area contributed by atoms with Crippen LogP contribution >= 0.6 is 11.8 Å². The van der Waals surface area contributed by atoms with Crippen LogP contribution in [0.4, 0.5) is 13.2 Å². The lowest BCUT2D eigenvalue weighted by Gasteiger charge is -2.25. The molecule has 0 radical (unpaired) electrons. The summed E-state index contributed by atoms with van der Waals surface area (Å²) >= 11 is 1.52. The third-order valence-corrected chi connectivity index (χ3v) is 6.71. The largest absolute Gasteiger partial charge is 0.416 e. The van der Waals surface area contributed by atoms with E-state index in [0.29, 0.717) is 26.1 Å². The number of benzene rings is 2. The van der Waals surface area contributed by atoms with Crippen molar-refractivity contribution >= 4 is 28.7 Å². The average molecular weight is 479 g/mol. The molecule has 4 rings (SSSR count). The van der Waals surface area contributed by atoms with Crippen LogP contribution in [-0.2, 0) is 22.3 Å². The number of thioether (sulfide) groups is 1. The maximum Gasteiger partial charge on any atom is 0.416 e. The molecule has 0 bridgehead atoms. The number of carbonyl (C=O) groups excluding carboxylic acids is 1. The number of aromatic amines is 1. The number of fused-ring (bicyclic) bond motifs is 1. The summed E-state index contributed by atoms with van der Waals surface area (Å²) in [7, 11) is 1.54. The van der Waals surface area contributed by atoms with E-state index in [4.69, 9.17) is 4.74 Å². The van der Waals surface area contributed by atoms with Crippen molar-refractivity contribution in [2.45, 2.75) is 35.6 Å². The summed E-state index contributed by atoms with van der Waals surface area (Å²) in [6, 6.07) is 12.7.